The van der Waals surface area contributed by atoms with Crippen LogP contribution in [0.15, 0.2) is 40.3 Å². The molecule has 0 radical (unpaired) electrons. The largest absolute Gasteiger partial charge is 0.326 e. The number of rotatable bonds is 7. The molecule has 1 aromatic carbocycles. The third-order valence-corrected chi connectivity index (χ3v) is 3.96. The van der Waals surface area contributed by atoms with E-state index in [2.05, 4.69) is 20.6 Å². The number of nitrogens with zero attached hydrogens (tertiary/aromatic N) is 1. The van der Waals surface area contributed by atoms with Crippen molar-refractivity contribution >= 4 is 35.0 Å². The van der Waals surface area contributed by atoms with E-state index in [1.807, 2.05) is 6.92 Å². The van der Waals surface area contributed by atoms with Gasteiger partial charge in [0.1, 0.15) is 0 Å². The minimum atomic E-state index is -0.228. The molecule has 2 aromatic rings. The summed E-state index contributed by atoms with van der Waals surface area (Å²) in [5, 5.41) is 5.83. The molecule has 0 atom stereocenters. The molecule has 2 rings (SSSR count). The number of amides is 2. The Morgan fingerprint density at radius 3 is 2.60 bits per heavy atom. The second-order valence-corrected chi connectivity index (χ2v) is 6.35. The molecule has 1 heterocycles. The number of benzene rings is 1. The fraction of sp³-hybridized carbons (Fsp3) is 0.294. The average Bonchev–Trinajstić information content (AvgIpc) is 2.52. The van der Waals surface area contributed by atoms with Crippen LogP contribution in [0.5, 0.6) is 0 Å². The van der Waals surface area contributed by atoms with E-state index in [1.54, 1.807) is 24.3 Å². The molecule has 0 aliphatic rings. The fourth-order valence-electron chi connectivity index (χ4n) is 2.14. The van der Waals surface area contributed by atoms with Gasteiger partial charge in [-0.1, -0.05) is 31.2 Å². The van der Waals surface area contributed by atoms with Gasteiger partial charge in [0, 0.05) is 30.1 Å². The van der Waals surface area contributed by atoms with E-state index >= 15 is 0 Å². The zero-order valence-corrected chi connectivity index (χ0v) is 14.9. The molecular weight excluding hydrogens is 340 g/mol. The summed E-state index contributed by atoms with van der Waals surface area (Å²) < 4.78 is 0. The van der Waals surface area contributed by atoms with Crippen molar-refractivity contribution in [3.05, 3.63) is 46.4 Å². The van der Waals surface area contributed by atoms with Crippen LogP contribution >= 0.6 is 11.8 Å². The highest BCUT2D eigenvalue weighted by atomic mass is 32.2. The molecule has 132 valence electrons. The second-order valence-electron chi connectivity index (χ2n) is 5.39. The Bertz CT molecular complexity index is 820. The lowest BCUT2D eigenvalue weighted by molar-refractivity contribution is -0.114. The van der Waals surface area contributed by atoms with E-state index < -0.39 is 0 Å². The van der Waals surface area contributed by atoms with Gasteiger partial charge in [-0.2, -0.15) is 0 Å². The number of aryl methyl sites for hydroxylation is 1. The highest BCUT2D eigenvalue weighted by Gasteiger charge is 2.07. The number of aromatic amines is 1. The molecule has 3 N–H and O–H groups in total. The number of aromatic nitrogens is 2. The first-order chi connectivity index (χ1) is 12.0. The number of carbonyl (C=O) groups excluding carboxylic acids is 2. The lowest BCUT2D eigenvalue weighted by atomic mass is 10.2. The Hall–Kier alpha value is -2.61. The number of carbonyl (C=O) groups is 2. The van der Waals surface area contributed by atoms with Crippen LogP contribution in [0.25, 0.3) is 0 Å². The molecule has 0 saturated carbocycles. The normalized spacial score (nSPS) is 10.3. The lowest BCUT2D eigenvalue weighted by Gasteiger charge is -2.08. The molecule has 1 aromatic heterocycles. The standard InChI is InChI=1S/C17H20N4O3S/c1-3-5-12-9-15(23)21-17(20-12)25-10-16(24)19-14-7-4-6-13(8-14)18-11(2)22/h4,6-9H,3,5,10H2,1-2H3,(H,18,22)(H,19,24)(H,20,21,23). The first-order valence-electron chi connectivity index (χ1n) is 7.87. The second kappa shape index (κ2) is 9.03. The monoisotopic (exact) mass is 360 g/mol. The third-order valence-electron chi connectivity index (χ3n) is 3.09. The van der Waals surface area contributed by atoms with Crippen molar-refractivity contribution in [2.45, 2.75) is 31.8 Å². The van der Waals surface area contributed by atoms with Crippen LogP contribution in [0.1, 0.15) is 26.0 Å². The van der Waals surface area contributed by atoms with E-state index in [-0.39, 0.29) is 23.1 Å². The molecule has 2 amide bonds. The molecular formula is C17H20N4O3S. The van der Waals surface area contributed by atoms with Crippen molar-refractivity contribution in [3.8, 4) is 0 Å². The van der Waals surface area contributed by atoms with Crippen LogP contribution in [0, 0.1) is 0 Å². The third kappa shape index (κ3) is 6.42. The van der Waals surface area contributed by atoms with Gasteiger partial charge in [0.05, 0.1) is 5.75 Å². The van der Waals surface area contributed by atoms with Crippen LogP contribution in [-0.4, -0.2) is 27.5 Å². The van der Waals surface area contributed by atoms with Gasteiger partial charge in [-0.05, 0) is 24.6 Å². The Morgan fingerprint density at radius 1 is 1.20 bits per heavy atom. The highest BCUT2D eigenvalue weighted by Crippen LogP contribution is 2.17. The SMILES string of the molecule is CCCc1cc(=O)[nH]c(SCC(=O)Nc2cccc(NC(C)=O)c2)n1. The van der Waals surface area contributed by atoms with E-state index in [9.17, 15) is 14.4 Å². The number of hydrogen-bond acceptors (Lipinski definition) is 5. The predicted molar refractivity (Wildman–Crippen MR) is 99.0 cm³/mol. The summed E-state index contributed by atoms with van der Waals surface area (Å²) >= 11 is 1.17. The van der Waals surface area contributed by atoms with Crippen LogP contribution in [0.4, 0.5) is 11.4 Å². The number of thioether (sulfide) groups is 1. The van der Waals surface area contributed by atoms with Crippen LogP contribution < -0.4 is 16.2 Å². The molecule has 8 heteroatoms. The Balaban J connectivity index is 1.95. The average molecular weight is 360 g/mol. The summed E-state index contributed by atoms with van der Waals surface area (Å²) in [7, 11) is 0. The van der Waals surface area contributed by atoms with Gasteiger partial charge >= 0.3 is 0 Å². The van der Waals surface area contributed by atoms with Gasteiger partial charge < -0.3 is 15.6 Å². The summed E-state index contributed by atoms with van der Waals surface area (Å²) in [6, 6.07) is 8.35. The van der Waals surface area contributed by atoms with Crippen molar-refractivity contribution in [3.63, 3.8) is 0 Å². The zero-order valence-electron chi connectivity index (χ0n) is 14.1. The van der Waals surface area contributed by atoms with Gasteiger partial charge in [0.2, 0.25) is 11.8 Å². The Morgan fingerprint density at radius 2 is 1.92 bits per heavy atom. The van der Waals surface area contributed by atoms with Crippen molar-refractivity contribution in [1.82, 2.24) is 9.97 Å². The minimum absolute atomic E-state index is 0.114. The molecule has 0 aliphatic heterocycles. The molecule has 0 bridgehead atoms. The van der Waals surface area contributed by atoms with Crippen LogP contribution in [0.3, 0.4) is 0 Å². The molecule has 0 unspecified atom stereocenters. The molecule has 7 nitrogen and oxygen atoms in total. The van der Waals surface area contributed by atoms with Gasteiger partial charge in [-0.3, -0.25) is 14.4 Å². The minimum Gasteiger partial charge on any atom is -0.326 e. The molecule has 0 saturated heterocycles. The maximum Gasteiger partial charge on any atom is 0.251 e. The Labute approximate surface area is 149 Å². The fourth-order valence-corrected chi connectivity index (χ4v) is 2.84. The smallest absolute Gasteiger partial charge is 0.251 e. The summed E-state index contributed by atoms with van der Waals surface area (Å²) in [6.07, 6.45) is 1.62. The van der Waals surface area contributed by atoms with E-state index in [0.29, 0.717) is 16.5 Å². The van der Waals surface area contributed by atoms with Crippen molar-refractivity contribution in [2.75, 3.05) is 16.4 Å². The lowest BCUT2D eigenvalue weighted by Crippen LogP contribution is -2.16. The van der Waals surface area contributed by atoms with E-state index in [0.717, 1.165) is 18.5 Å². The predicted octanol–water partition coefficient (Wildman–Crippen LogP) is 2.41. The maximum atomic E-state index is 12.1. The quantitative estimate of drug-likeness (QED) is 0.520. The first-order valence-corrected chi connectivity index (χ1v) is 8.85. The van der Waals surface area contributed by atoms with Crippen molar-refractivity contribution in [1.29, 1.82) is 0 Å². The number of anilines is 2. The van der Waals surface area contributed by atoms with Crippen molar-refractivity contribution in [2.24, 2.45) is 0 Å². The van der Waals surface area contributed by atoms with Gasteiger partial charge in [-0.25, -0.2) is 4.98 Å². The molecule has 0 aliphatic carbocycles. The van der Waals surface area contributed by atoms with E-state index in [4.69, 9.17) is 0 Å². The highest BCUT2D eigenvalue weighted by molar-refractivity contribution is 7.99. The van der Waals surface area contributed by atoms with Crippen LogP contribution in [-0.2, 0) is 16.0 Å². The summed E-state index contributed by atoms with van der Waals surface area (Å²) in [6.45, 7) is 3.43. The molecule has 0 spiro atoms. The topological polar surface area (TPSA) is 104 Å². The molecule has 25 heavy (non-hydrogen) atoms. The van der Waals surface area contributed by atoms with Gasteiger partial charge in [0.25, 0.3) is 5.56 Å². The van der Waals surface area contributed by atoms with Gasteiger partial charge in [0.15, 0.2) is 5.16 Å². The summed E-state index contributed by atoms with van der Waals surface area (Å²) in [5.41, 5.74) is 1.69. The summed E-state index contributed by atoms with van der Waals surface area (Å²) in [4.78, 5) is 41.7. The maximum absolute atomic E-state index is 12.1. The van der Waals surface area contributed by atoms with E-state index in [1.165, 1.54) is 24.8 Å². The van der Waals surface area contributed by atoms with Gasteiger partial charge in [-0.15, -0.1) is 0 Å². The summed E-state index contributed by atoms with van der Waals surface area (Å²) in [5.74, 6) is -0.294. The zero-order chi connectivity index (χ0) is 18.2. The number of hydrogen-bond donors (Lipinski definition) is 3. The molecule has 0 fully saturated rings. The Kier molecular flexibility index (Phi) is 6.76. The number of H-pyrrole nitrogens is 1. The first kappa shape index (κ1) is 18.7. The number of nitrogens with one attached hydrogen (secondary N) is 3. The van der Waals surface area contributed by atoms with Crippen LogP contribution in [0.2, 0.25) is 0 Å². The van der Waals surface area contributed by atoms with Crippen molar-refractivity contribution < 1.29 is 9.59 Å².